The van der Waals surface area contributed by atoms with Crippen molar-refractivity contribution in [2.24, 2.45) is 4.99 Å². The van der Waals surface area contributed by atoms with E-state index in [1.807, 2.05) is 18.9 Å². The summed E-state index contributed by atoms with van der Waals surface area (Å²) in [4.78, 5) is 19.5. The van der Waals surface area contributed by atoms with E-state index in [1.165, 1.54) is 17.0 Å². The maximum absolute atomic E-state index is 13.6. The minimum Gasteiger partial charge on any atom is -0.382 e. The lowest BCUT2D eigenvalue weighted by Crippen LogP contribution is -2.40. The molecular weight excluding hydrogens is 359 g/mol. The van der Waals surface area contributed by atoms with Crippen LogP contribution in [0.2, 0.25) is 5.02 Å². The SMILES string of the molecule is CCOCCCNC(=NCC(=O)N(C)C)N(C)Cc1ccc(Cl)c(F)c1. The van der Waals surface area contributed by atoms with Crippen molar-refractivity contribution in [1.29, 1.82) is 0 Å². The number of ether oxygens (including phenoxy) is 1. The number of carbonyl (C=O) groups is 1. The number of carbonyl (C=O) groups excluding carboxylic acids is 1. The number of hydrogen-bond acceptors (Lipinski definition) is 3. The first-order valence-corrected chi connectivity index (χ1v) is 8.94. The fourth-order valence-electron chi connectivity index (χ4n) is 2.10. The number of benzene rings is 1. The monoisotopic (exact) mass is 386 g/mol. The Morgan fingerprint density at radius 1 is 1.35 bits per heavy atom. The summed E-state index contributed by atoms with van der Waals surface area (Å²) in [6.45, 7) is 4.42. The van der Waals surface area contributed by atoms with Gasteiger partial charge in [0.2, 0.25) is 5.91 Å². The van der Waals surface area contributed by atoms with Crippen LogP contribution in [0.15, 0.2) is 23.2 Å². The molecule has 1 N–H and O–H groups in total. The Balaban J connectivity index is 2.75. The van der Waals surface area contributed by atoms with Crippen LogP contribution in [0.5, 0.6) is 0 Å². The van der Waals surface area contributed by atoms with Crippen LogP contribution in [0.4, 0.5) is 4.39 Å². The Bertz CT molecular complexity index is 611. The van der Waals surface area contributed by atoms with Gasteiger partial charge < -0.3 is 19.9 Å². The van der Waals surface area contributed by atoms with Gasteiger partial charge in [0.25, 0.3) is 0 Å². The van der Waals surface area contributed by atoms with E-state index < -0.39 is 5.82 Å². The van der Waals surface area contributed by atoms with Crippen molar-refractivity contribution in [3.05, 3.63) is 34.6 Å². The van der Waals surface area contributed by atoms with Crippen LogP contribution < -0.4 is 5.32 Å². The lowest BCUT2D eigenvalue weighted by Gasteiger charge is -2.23. The average molecular weight is 387 g/mol. The quantitative estimate of drug-likeness (QED) is 0.402. The molecule has 0 bridgehead atoms. The maximum Gasteiger partial charge on any atom is 0.243 e. The summed E-state index contributed by atoms with van der Waals surface area (Å²) in [5, 5.41) is 3.32. The fraction of sp³-hybridized carbons (Fsp3) is 0.556. The molecule has 0 aromatic heterocycles. The molecule has 1 aromatic carbocycles. The van der Waals surface area contributed by atoms with Gasteiger partial charge in [-0.25, -0.2) is 9.38 Å². The van der Waals surface area contributed by atoms with E-state index in [2.05, 4.69) is 10.3 Å². The first kappa shape index (κ1) is 22.2. The lowest BCUT2D eigenvalue weighted by atomic mass is 10.2. The molecule has 1 aromatic rings. The highest BCUT2D eigenvalue weighted by atomic mass is 35.5. The number of amides is 1. The van der Waals surface area contributed by atoms with Crippen molar-refractivity contribution >= 4 is 23.5 Å². The molecule has 0 fully saturated rings. The van der Waals surface area contributed by atoms with E-state index in [9.17, 15) is 9.18 Å². The molecule has 26 heavy (non-hydrogen) atoms. The Kier molecular flexibility index (Phi) is 9.98. The number of hydrogen-bond donors (Lipinski definition) is 1. The molecule has 146 valence electrons. The summed E-state index contributed by atoms with van der Waals surface area (Å²) < 4.78 is 19.0. The predicted molar refractivity (Wildman–Crippen MR) is 103 cm³/mol. The summed E-state index contributed by atoms with van der Waals surface area (Å²) >= 11 is 5.73. The molecule has 0 saturated heterocycles. The highest BCUT2D eigenvalue weighted by Gasteiger charge is 2.11. The highest BCUT2D eigenvalue weighted by Crippen LogP contribution is 2.16. The van der Waals surface area contributed by atoms with Crippen LogP contribution in [0.25, 0.3) is 0 Å². The van der Waals surface area contributed by atoms with Crippen LogP contribution in [0.3, 0.4) is 0 Å². The van der Waals surface area contributed by atoms with Gasteiger partial charge in [-0.1, -0.05) is 17.7 Å². The van der Waals surface area contributed by atoms with E-state index in [-0.39, 0.29) is 17.5 Å². The van der Waals surface area contributed by atoms with Gasteiger partial charge >= 0.3 is 0 Å². The summed E-state index contributed by atoms with van der Waals surface area (Å²) in [7, 11) is 5.21. The van der Waals surface area contributed by atoms with E-state index in [0.29, 0.717) is 32.3 Å². The number of guanidine groups is 1. The third kappa shape index (κ3) is 8.01. The van der Waals surface area contributed by atoms with Crippen molar-refractivity contribution in [3.8, 4) is 0 Å². The smallest absolute Gasteiger partial charge is 0.243 e. The van der Waals surface area contributed by atoms with Gasteiger partial charge in [-0.2, -0.15) is 0 Å². The number of rotatable bonds is 9. The minimum atomic E-state index is -0.455. The summed E-state index contributed by atoms with van der Waals surface area (Å²) in [5.41, 5.74) is 0.761. The molecule has 0 aliphatic carbocycles. The summed E-state index contributed by atoms with van der Waals surface area (Å²) in [6.07, 6.45) is 0.817. The maximum atomic E-state index is 13.6. The van der Waals surface area contributed by atoms with Crippen molar-refractivity contribution < 1.29 is 13.9 Å². The molecule has 0 spiro atoms. The van der Waals surface area contributed by atoms with Gasteiger partial charge in [0, 0.05) is 47.4 Å². The van der Waals surface area contributed by atoms with Crippen molar-refractivity contribution in [2.45, 2.75) is 19.9 Å². The van der Waals surface area contributed by atoms with Gasteiger partial charge in [-0.05, 0) is 31.0 Å². The predicted octanol–water partition coefficient (Wildman–Crippen LogP) is 2.37. The molecule has 0 aliphatic rings. The van der Waals surface area contributed by atoms with Crippen LogP contribution in [-0.2, 0) is 16.1 Å². The number of nitrogens with one attached hydrogen (secondary N) is 1. The van der Waals surface area contributed by atoms with Gasteiger partial charge in [-0.15, -0.1) is 0 Å². The second-order valence-electron chi connectivity index (χ2n) is 6.01. The Labute approximate surface area is 160 Å². The normalized spacial score (nSPS) is 11.4. The van der Waals surface area contributed by atoms with Crippen LogP contribution >= 0.6 is 11.6 Å². The Hall–Kier alpha value is -1.86. The molecule has 0 unspecified atom stereocenters. The van der Waals surface area contributed by atoms with Crippen molar-refractivity contribution in [1.82, 2.24) is 15.1 Å². The van der Waals surface area contributed by atoms with Gasteiger partial charge in [0.15, 0.2) is 5.96 Å². The minimum absolute atomic E-state index is 0.0418. The zero-order valence-corrected chi connectivity index (χ0v) is 16.6. The molecule has 6 nitrogen and oxygen atoms in total. The van der Waals surface area contributed by atoms with E-state index in [4.69, 9.17) is 16.3 Å². The number of aliphatic imine (C=N–C) groups is 1. The first-order chi connectivity index (χ1) is 12.3. The first-order valence-electron chi connectivity index (χ1n) is 8.56. The van der Waals surface area contributed by atoms with Crippen molar-refractivity contribution in [3.63, 3.8) is 0 Å². The highest BCUT2D eigenvalue weighted by molar-refractivity contribution is 6.30. The second kappa shape index (κ2) is 11.7. The molecule has 0 atom stereocenters. The second-order valence-corrected chi connectivity index (χ2v) is 6.42. The van der Waals surface area contributed by atoms with Gasteiger partial charge in [0.05, 0.1) is 5.02 Å². The molecule has 1 rings (SSSR count). The molecule has 0 heterocycles. The average Bonchev–Trinajstić information content (AvgIpc) is 2.60. The van der Waals surface area contributed by atoms with Gasteiger partial charge in [0.1, 0.15) is 12.4 Å². The number of halogens is 2. The molecule has 0 radical (unpaired) electrons. The molecular formula is C18H28ClFN4O2. The topological polar surface area (TPSA) is 57.2 Å². The van der Waals surface area contributed by atoms with Crippen molar-refractivity contribution in [2.75, 3.05) is 47.4 Å². The lowest BCUT2D eigenvalue weighted by molar-refractivity contribution is -0.127. The Morgan fingerprint density at radius 2 is 2.08 bits per heavy atom. The number of nitrogens with zero attached hydrogens (tertiary/aromatic N) is 3. The molecule has 1 amide bonds. The van der Waals surface area contributed by atoms with Crippen LogP contribution in [-0.4, -0.2) is 69.1 Å². The van der Waals surface area contributed by atoms with Gasteiger partial charge in [-0.3, -0.25) is 4.79 Å². The zero-order chi connectivity index (χ0) is 19.5. The molecule has 0 saturated carbocycles. The standard InChI is InChI=1S/C18H28ClFN4O2/c1-5-26-10-6-9-21-18(22-12-17(25)23(2)3)24(4)13-14-7-8-15(19)16(20)11-14/h7-8,11H,5-6,9-10,12-13H2,1-4H3,(H,21,22). The van der Waals surface area contributed by atoms with E-state index in [0.717, 1.165) is 12.0 Å². The van der Waals surface area contributed by atoms with E-state index in [1.54, 1.807) is 20.2 Å². The summed E-state index contributed by atoms with van der Waals surface area (Å²) in [6, 6.07) is 4.69. The fourth-order valence-corrected chi connectivity index (χ4v) is 2.22. The molecule has 8 heteroatoms. The third-order valence-electron chi connectivity index (χ3n) is 3.58. The Morgan fingerprint density at radius 3 is 2.69 bits per heavy atom. The molecule has 0 aliphatic heterocycles. The number of likely N-dealkylation sites (N-methyl/N-ethyl adjacent to an activating group) is 1. The van der Waals surface area contributed by atoms with E-state index >= 15 is 0 Å². The van der Waals surface area contributed by atoms with Crippen LogP contribution in [0, 0.1) is 5.82 Å². The largest absolute Gasteiger partial charge is 0.382 e. The summed E-state index contributed by atoms with van der Waals surface area (Å²) in [5.74, 6) is 0.0279. The third-order valence-corrected chi connectivity index (χ3v) is 3.89. The van der Waals surface area contributed by atoms with Crippen LogP contribution in [0.1, 0.15) is 18.9 Å². The zero-order valence-electron chi connectivity index (χ0n) is 15.9.